The molecule has 0 saturated carbocycles. The van der Waals surface area contributed by atoms with Gasteiger partial charge in [-0.05, 0) is 43.2 Å². The zero-order valence-electron chi connectivity index (χ0n) is 10.7. The second kappa shape index (κ2) is 5.54. The van der Waals surface area contributed by atoms with E-state index in [-0.39, 0.29) is 5.69 Å². The molecule has 0 aliphatic carbocycles. The summed E-state index contributed by atoms with van der Waals surface area (Å²) in [6, 6.07) is 1.66. The van der Waals surface area contributed by atoms with E-state index in [0.717, 1.165) is 29.8 Å². The highest BCUT2D eigenvalue weighted by atomic mass is 32.1. The van der Waals surface area contributed by atoms with Gasteiger partial charge in [0.15, 0.2) is 0 Å². The minimum Gasteiger partial charge on any atom is -0.364 e. The van der Waals surface area contributed by atoms with Gasteiger partial charge in [-0.3, -0.25) is 4.79 Å². The Balaban J connectivity index is 2.60. The van der Waals surface area contributed by atoms with Gasteiger partial charge in [0.2, 0.25) is 0 Å². The topological polar surface area (TPSA) is 91.9 Å². The zero-order chi connectivity index (χ0) is 14.0. The number of amides is 1. The lowest BCUT2D eigenvalue weighted by Gasteiger charge is -2.20. The summed E-state index contributed by atoms with van der Waals surface area (Å²) in [5.41, 5.74) is 8.70. The Hall–Kier alpha value is -1.66. The Labute approximate surface area is 117 Å². The van der Waals surface area contributed by atoms with Crippen LogP contribution in [0, 0.1) is 5.41 Å². The monoisotopic (exact) mass is 276 g/mol. The maximum Gasteiger partial charge on any atom is 0.267 e. The van der Waals surface area contributed by atoms with Crippen LogP contribution in [-0.4, -0.2) is 23.1 Å². The number of carbonyl (C=O) groups excluding carboxylic acids is 1. The molecule has 0 radical (unpaired) electrons. The van der Waals surface area contributed by atoms with E-state index in [0.29, 0.717) is 17.2 Å². The number of primary amides is 1. The molecule has 5 nitrogen and oxygen atoms in total. The average molecular weight is 276 g/mol. The van der Waals surface area contributed by atoms with E-state index in [4.69, 9.17) is 11.1 Å². The van der Waals surface area contributed by atoms with Crippen molar-refractivity contribution in [3.8, 4) is 0 Å². The molecule has 0 fully saturated rings. The number of hydrogen-bond donors (Lipinski definition) is 4. The summed E-state index contributed by atoms with van der Waals surface area (Å²) in [6.07, 6.45) is 2.48. The molecule has 1 aromatic rings. The van der Waals surface area contributed by atoms with Crippen LogP contribution in [0.15, 0.2) is 12.1 Å². The van der Waals surface area contributed by atoms with Crippen LogP contribution in [0.3, 0.4) is 0 Å². The van der Waals surface area contributed by atoms with Crippen LogP contribution in [0.4, 0.5) is 0 Å². The van der Waals surface area contributed by atoms with Crippen LogP contribution >= 0.6 is 12.6 Å². The van der Waals surface area contributed by atoms with Gasteiger partial charge in [0.1, 0.15) is 5.69 Å². The van der Waals surface area contributed by atoms with E-state index in [2.05, 4.69) is 22.9 Å². The number of rotatable bonds is 3. The van der Waals surface area contributed by atoms with Gasteiger partial charge in [-0.15, -0.1) is 12.6 Å². The van der Waals surface area contributed by atoms with Gasteiger partial charge >= 0.3 is 0 Å². The molecule has 0 atom stereocenters. The molecule has 6 heteroatoms. The number of pyridine rings is 1. The first-order valence-electron chi connectivity index (χ1n) is 5.98. The van der Waals surface area contributed by atoms with Crippen molar-refractivity contribution in [3.05, 3.63) is 34.7 Å². The standard InChI is InChI=1S/C13H16N4OS/c1-7(14)4-12(19)9-5-10(13(15)18)17-11-6-16-3-2-8(9)11/h4-5,14,16,19H,2-3,6H2,1H3,(H2,15,18)/b12-4-,14-7?. The highest BCUT2D eigenvalue weighted by Crippen LogP contribution is 2.27. The minimum atomic E-state index is -0.553. The highest BCUT2D eigenvalue weighted by Gasteiger charge is 2.18. The summed E-state index contributed by atoms with van der Waals surface area (Å²) in [5.74, 6) is -0.553. The maximum atomic E-state index is 11.3. The summed E-state index contributed by atoms with van der Waals surface area (Å²) in [7, 11) is 0. The third-order valence-corrected chi connectivity index (χ3v) is 3.31. The van der Waals surface area contributed by atoms with Gasteiger partial charge in [0, 0.05) is 17.2 Å². The molecule has 2 heterocycles. The van der Waals surface area contributed by atoms with Crippen molar-refractivity contribution in [3.63, 3.8) is 0 Å². The summed E-state index contributed by atoms with van der Waals surface area (Å²) >= 11 is 4.43. The van der Waals surface area contributed by atoms with Gasteiger partial charge in [0.25, 0.3) is 5.91 Å². The number of carbonyl (C=O) groups is 1. The van der Waals surface area contributed by atoms with Crippen molar-refractivity contribution in [1.29, 1.82) is 5.41 Å². The van der Waals surface area contributed by atoms with Crippen LogP contribution in [0.1, 0.15) is 34.2 Å². The number of nitrogens with one attached hydrogen (secondary N) is 2. The Morgan fingerprint density at radius 2 is 2.37 bits per heavy atom. The minimum absolute atomic E-state index is 0.236. The Morgan fingerprint density at radius 1 is 1.63 bits per heavy atom. The first-order chi connectivity index (χ1) is 8.99. The SMILES string of the molecule is CC(=N)/C=C(\S)c1cc(C(N)=O)nc2c1CCNC2. The number of hydrogen-bond acceptors (Lipinski definition) is 5. The molecule has 0 saturated heterocycles. The van der Waals surface area contributed by atoms with Crippen LogP contribution in [0.5, 0.6) is 0 Å². The normalized spacial score (nSPS) is 14.9. The molecule has 0 spiro atoms. The van der Waals surface area contributed by atoms with E-state index in [1.165, 1.54) is 0 Å². The first-order valence-corrected chi connectivity index (χ1v) is 6.43. The average Bonchev–Trinajstić information content (AvgIpc) is 2.36. The van der Waals surface area contributed by atoms with Crippen molar-refractivity contribution in [1.82, 2.24) is 10.3 Å². The van der Waals surface area contributed by atoms with Crippen molar-refractivity contribution in [2.24, 2.45) is 5.73 Å². The van der Waals surface area contributed by atoms with E-state index in [9.17, 15) is 4.79 Å². The third-order valence-electron chi connectivity index (χ3n) is 2.94. The number of thiol groups is 1. The van der Waals surface area contributed by atoms with Gasteiger partial charge in [-0.2, -0.15) is 0 Å². The fourth-order valence-electron chi connectivity index (χ4n) is 2.11. The van der Waals surface area contributed by atoms with Gasteiger partial charge in [-0.1, -0.05) is 0 Å². The van der Waals surface area contributed by atoms with Crippen molar-refractivity contribution in [2.75, 3.05) is 6.54 Å². The van der Waals surface area contributed by atoms with Crippen LogP contribution in [0.2, 0.25) is 0 Å². The molecule has 1 aromatic heterocycles. The van der Waals surface area contributed by atoms with Gasteiger partial charge < -0.3 is 16.5 Å². The zero-order valence-corrected chi connectivity index (χ0v) is 11.6. The Bertz CT molecular complexity index is 580. The number of aromatic nitrogens is 1. The van der Waals surface area contributed by atoms with E-state index >= 15 is 0 Å². The third kappa shape index (κ3) is 3.02. The molecule has 19 heavy (non-hydrogen) atoms. The van der Waals surface area contributed by atoms with Crippen molar-refractivity contribution < 1.29 is 4.79 Å². The Morgan fingerprint density at radius 3 is 3.00 bits per heavy atom. The fourth-order valence-corrected chi connectivity index (χ4v) is 2.50. The molecule has 0 bridgehead atoms. The molecule has 0 aromatic carbocycles. The molecule has 4 N–H and O–H groups in total. The summed E-state index contributed by atoms with van der Waals surface area (Å²) < 4.78 is 0. The number of fused-ring (bicyclic) bond motifs is 1. The number of allylic oxidation sites excluding steroid dienone is 1. The van der Waals surface area contributed by atoms with Gasteiger partial charge in [0.05, 0.1) is 5.69 Å². The maximum absolute atomic E-state index is 11.3. The first kappa shape index (κ1) is 13.8. The largest absolute Gasteiger partial charge is 0.364 e. The lowest BCUT2D eigenvalue weighted by atomic mass is 9.98. The van der Waals surface area contributed by atoms with Crippen LogP contribution in [-0.2, 0) is 13.0 Å². The summed E-state index contributed by atoms with van der Waals surface area (Å²) in [6.45, 7) is 3.16. The Kier molecular flexibility index (Phi) is 4.01. The quantitative estimate of drug-likeness (QED) is 0.493. The van der Waals surface area contributed by atoms with E-state index < -0.39 is 5.91 Å². The fraction of sp³-hybridized carbons (Fsp3) is 0.308. The van der Waals surface area contributed by atoms with Crippen molar-refractivity contribution >= 4 is 29.2 Å². The predicted molar refractivity (Wildman–Crippen MR) is 78.5 cm³/mol. The molecule has 1 amide bonds. The van der Waals surface area contributed by atoms with Crippen molar-refractivity contribution in [2.45, 2.75) is 19.9 Å². The second-order valence-electron chi connectivity index (χ2n) is 4.48. The lowest BCUT2D eigenvalue weighted by molar-refractivity contribution is 0.0995. The van der Waals surface area contributed by atoms with Crippen LogP contribution in [0.25, 0.3) is 4.91 Å². The van der Waals surface area contributed by atoms with E-state index in [1.807, 2.05) is 0 Å². The second-order valence-corrected chi connectivity index (χ2v) is 4.97. The number of nitrogens with two attached hydrogens (primary N) is 1. The number of nitrogens with zero attached hydrogens (tertiary/aromatic N) is 1. The molecule has 100 valence electrons. The lowest BCUT2D eigenvalue weighted by Crippen LogP contribution is -2.27. The van der Waals surface area contributed by atoms with Crippen LogP contribution < -0.4 is 11.1 Å². The molecular weight excluding hydrogens is 260 g/mol. The highest BCUT2D eigenvalue weighted by molar-refractivity contribution is 7.90. The molecular formula is C13H16N4OS. The molecule has 1 aliphatic heterocycles. The summed E-state index contributed by atoms with van der Waals surface area (Å²) in [4.78, 5) is 16.3. The van der Waals surface area contributed by atoms with Gasteiger partial charge in [-0.25, -0.2) is 4.98 Å². The molecule has 1 aliphatic rings. The molecule has 0 unspecified atom stereocenters. The molecule has 2 rings (SSSR count). The predicted octanol–water partition coefficient (Wildman–Crippen LogP) is 1.14. The van der Waals surface area contributed by atoms with E-state index in [1.54, 1.807) is 19.1 Å². The smallest absolute Gasteiger partial charge is 0.267 e. The summed E-state index contributed by atoms with van der Waals surface area (Å²) in [5, 5.41) is 10.7.